The minimum absolute atomic E-state index is 0.467. The zero-order valence-corrected chi connectivity index (χ0v) is 13.1. The van der Waals surface area contributed by atoms with E-state index in [0.29, 0.717) is 5.92 Å². The molecule has 2 nitrogen and oxygen atoms in total. The minimum Gasteiger partial charge on any atom is -0.300 e. The number of aromatic nitrogens is 1. The molecular formula is C15H20N2S2. The van der Waals surface area contributed by atoms with Crippen molar-refractivity contribution in [2.24, 2.45) is 0 Å². The van der Waals surface area contributed by atoms with Crippen molar-refractivity contribution < 1.29 is 0 Å². The number of likely N-dealkylation sites (N-methyl/N-ethyl adjacent to an activating group) is 1. The molecule has 0 spiro atoms. The fraction of sp³-hybridized carbons (Fsp3) is 0.400. The molecule has 0 fully saturated rings. The van der Waals surface area contributed by atoms with Crippen molar-refractivity contribution in [2.75, 3.05) is 19.3 Å². The summed E-state index contributed by atoms with van der Waals surface area (Å²) < 4.78 is 0. The Morgan fingerprint density at radius 3 is 2.63 bits per heavy atom. The SMILES string of the molecule is Cc1nc(CN(C)CC(CS)c2ccccc2)cs1. The Hall–Kier alpha value is -0.840. The van der Waals surface area contributed by atoms with E-state index >= 15 is 0 Å². The van der Waals surface area contributed by atoms with Gasteiger partial charge in [-0.15, -0.1) is 11.3 Å². The third-order valence-corrected chi connectivity index (χ3v) is 4.39. The maximum Gasteiger partial charge on any atom is 0.0897 e. The second-order valence-electron chi connectivity index (χ2n) is 4.84. The molecule has 0 aliphatic heterocycles. The minimum atomic E-state index is 0.467. The van der Waals surface area contributed by atoms with Gasteiger partial charge in [0.2, 0.25) is 0 Å². The molecule has 2 aromatic rings. The highest BCUT2D eigenvalue weighted by molar-refractivity contribution is 7.80. The van der Waals surface area contributed by atoms with Gasteiger partial charge < -0.3 is 0 Å². The van der Waals surface area contributed by atoms with E-state index < -0.39 is 0 Å². The van der Waals surface area contributed by atoms with Gasteiger partial charge in [-0.25, -0.2) is 4.98 Å². The summed E-state index contributed by atoms with van der Waals surface area (Å²) in [6, 6.07) is 10.6. The largest absolute Gasteiger partial charge is 0.300 e. The van der Waals surface area contributed by atoms with Gasteiger partial charge in [0, 0.05) is 24.4 Å². The Morgan fingerprint density at radius 1 is 1.32 bits per heavy atom. The van der Waals surface area contributed by atoms with Gasteiger partial charge in [-0.2, -0.15) is 12.6 Å². The first-order valence-electron chi connectivity index (χ1n) is 6.44. The molecule has 0 aliphatic carbocycles. The van der Waals surface area contributed by atoms with Gasteiger partial charge in [-0.3, -0.25) is 4.90 Å². The van der Waals surface area contributed by atoms with E-state index in [-0.39, 0.29) is 0 Å². The number of thiazole rings is 1. The molecule has 0 amide bonds. The van der Waals surface area contributed by atoms with Crippen molar-refractivity contribution in [2.45, 2.75) is 19.4 Å². The highest BCUT2D eigenvalue weighted by atomic mass is 32.1. The topological polar surface area (TPSA) is 16.1 Å². The molecule has 1 aromatic carbocycles. The van der Waals surface area contributed by atoms with Gasteiger partial charge in [0.25, 0.3) is 0 Å². The van der Waals surface area contributed by atoms with Crippen LogP contribution in [0.4, 0.5) is 0 Å². The summed E-state index contributed by atoms with van der Waals surface area (Å²) in [6.07, 6.45) is 0. The Morgan fingerprint density at radius 2 is 2.05 bits per heavy atom. The van der Waals surface area contributed by atoms with Crippen LogP contribution in [0.1, 0.15) is 22.2 Å². The van der Waals surface area contributed by atoms with Crippen LogP contribution in [-0.4, -0.2) is 29.2 Å². The number of rotatable bonds is 6. The number of hydrogen-bond donors (Lipinski definition) is 1. The molecule has 1 aromatic heterocycles. The standard InChI is InChI=1S/C15H20N2S2/c1-12-16-15(11-19-12)9-17(2)8-14(10-18)13-6-4-3-5-7-13/h3-7,11,14,18H,8-10H2,1-2H3. The van der Waals surface area contributed by atoms with E-state index in [1.54, 1.807) is 11.3 Å². The Balaban J connectivity index is 1.95. The van der Waals surface area contributed by atoms with Crippen molar-refractivity contribution in [3.8, 4) is 0 Å². The van der Waals surface area contributed by atoms with Crippen molar-refractivity contribution >= 4 is 24.0 Å². The number of nitrogens with zero attached hydrogens (tertiary/aromatic N) is 2. The summed E-state index contributed by atoms with van der Waals surface area (Å²) in [5.74, 6) is 1.33. The molecule has 102 valence electrons. The highest BCUT2D eigenvalue weighted by Gasteiger charge is 2.13. The average molecular weight is 292 g/mol. The van der Waals surface area contributed by atoms with E-state index in [1.165, 1.54) is 5.56 Å². The lowest BCUT2D eigenvalue weighted by Crippen LogP contribution is -2.25. The van der Waals surface area contributed by atoms with E-state index in [0.717, 1.165) is 29.5 Å². The van der Waals surface area contributed by atoms with Gasteiger partial charge in [-0.05, 0) is 25.3 Å². The molecule has 1 unspecified atom stereocenters. The van der Waals surface area contributed by atoms with Crippen molar-refractivity contribution in [1.29, 1.82) is 0 Å². The van der Waals surface area contributed by atoms with Crippen LogP contribution >= 0.6 is 24.0 Å². The number of hydrogen-bond acceptors (Lipinski definition) is 4. The van der Waals surface area contributed by atoms with Crippen LogP contribution < -0.4 is 0 Å². The number of aryl methyl sites for hydroxylation is 1. The monoisotopic (exact) mass is 292 g/mol. The van der Waals surface area contributed by atoms with Crippen LogP contribution in [0.25, 0.3) is 0 Å². The lowest BCUT2D eigenvalue weighted by Gasteiger charge is -2.22. The van der Waals surface area contributed by atoms with Gasteiger partial charge >= 0.3 is 0 Å². The summed E-state index contributed by atoms with van der Waals surface area (Å²) in [5, 5.41) is 3.28. The molecule has 1 heterocycles. The first kappa shape index (κ1) is 14.6. The Bertz CT molecular complexity index is 496. The number of thiol groups is 1. The lowest BCUT2D eigenvalue weighted by molar-refractivity contribution is 0.308. The van der Waals surface area contributed by atoms with Crippen molar-refractivity contribution in [3.05, 3.63) is 52.0 Å². The summed E-state index contributed by atoms with van der Waals surface area (Å²) >= 11 is 6.21. The van der Waals surface area contributed by atoms with Crippen LogP contribution in [0.3, 0.4) is 0 Å². The van der Waals surface area contributed by atoms with Crippen LogP contribution in [0.2, 0.25) is 0 Å². The molecule has 0 aliphatic rings. The third kappa shape index (κ3) is 4.34. The maximum absolute atomic E-state index is 4.51. The average Bonchev–Trinajstić information content (AvgIpc) is 2.82. The first-order chi connectivity index (χ1) is 9.19. The first-order valence-corrected chi connectivity index (χ1v) is 7.95. The molecule has 0 radical (unpaired) electrons. The molecule has 4 heteroatoms. The van der Waals surface area contributed by atoms with Gasteiger partial charge in [0.05, 0.1) is 10.7 Å². The third-order valence-electron chi connectivity index (χ3n) is 3.12. The second-order valence-corrected chi connectivity index (χ2v) is 6.27. The molecule has 19 heavy (non-hydrogen) atoms. The second kappa shape index (κ2) is 7.08. The molecule has 0 saturated carbocycles. The zero-order valence-electron chi connectivity index (χ0n) is 11.4. The summed E-state index contributed by atoms with van der Waals surface area (Å²) in [6.45, 7) is 3.96. The molecule has 0 N–H and O–H groups in total. The normalized spacial score (nSPS) is 12.8. The van der Waals surface area contributed by atoms with Gasteiger partial charge in [0.1, 0.15) is 0 Å². The van der Waals surface area contributed by atoms with Crippen LogP contribution in [0.5, 0.6) is 0 Å². The molecule has 2 rings (SSSR count). The Labute approximate surface area is 124 Å². The van der Waals surface area contributed by atoms with Crippen molar-refractivity contribution in [3.63, 3.8) is 0 Å². The van der Waals surface area contributed by atoms with Crippen LogP contribution in [0.15, 0.2) is 35.7 Å². The molecule has 1 atom stereocenters. The number of benzene rings is 1. The zero-order chi connectivity index (χ0) is 13.7. The molecular weight excluding hydrogens is 272 g/mol. The van der Waals surface area contributed by atoms with Gasteiger partial charge in [-0.1, -0.05) is 30.3 Å². The fourth-order valence-electron chi connectivity index (χ4n) is 2.19. The van der Waals surface area contributed by atoms with E-state index in [4.69, 9.17) is 0 Å². The van der Waals surface area contributed by atoms with Crippen LogP contribution in [0, 0.1) is 6.92 Å². The lowest BCUT2D eigenvalue weighted by atomic mass is 10.0. The van der Waals surface area contributed by atoms with E-state index in [1.807, 2.05) is 0 Å². The smallest absolute Gasteiger partial charge is 0.0897 e. The summed E-state index contributed by atoms with van der Waals surface area (Å²) in [7, 11) is 2.15. The predicted octanol–water partition coefficient (Wildman–Crippen LogP) is 3.60. The van der Waals surface area contributed by atoms with E-state index in [2.05, 4.69) is 72.2 Å². The molecule has 0 saturated heterocycles. The van der Waals surface area contributed by atoms with Gasteiger partial charge in [0.15, 0.2) is 0 Å². The maximum atomic E-state index is 4.51. The summed E-state index contributed by atoms with van der Waals surface area (Å²) in [5.41, 5.74) is 2.52. The quantitative estimate of drug-likeness (QED) is 0.819. The predicted molar refractivity (Wildman–Crippen MR) is 86.2 cm³/mol. The van der Waals surface area contributed by atoms with Crippen molar-refractivity contribution in [1.82, 2.24) is 9.88 Å². The Kier molecular flexibility index (Phi) is 5.43. The van der Waals surface area contributed by atoms with Crippen LogP contribution in [-0.2, 0) is 6.54 Å². The summed E-state index contributed by atoms with van der Waals surface area (Å²) in [4.78, 5) is 6.84. The highest BCUT2D eigenvalue weighted by Crippen LogP contribution is 2.19. The van der Waals surface area contributed by atoms with E-state index in [9.17, 15) is 0 Å². The molecule has 0 bridgehead atoms. The fourth-order valence-corrected chi connectivity index (χ4v) is 3.12.